The van der Waals surface area contributed by atoms with E-state index in [1.807, 2.05) is 0 Å². The van der Waals surface area contributed by atoms with E-state index in [9.17, 15) is 4.79 Å². The van der Waals surface area contributed by atoms with Gasteiger partial charge in [0.2, 0.25) is 5.91 Å². The Morgan fingerprint density at radius 3 is 2.41 bits per heavy atom. The Bertz CT molecular complexity index is 248. The van der Waals surface area contributed by atoms with Crippen LogP contribution in [0.5, 0.6) is 0 Å². The Morgan fingerprint density at radius 1 is 1.29 bits per heavy atom. The summed E-state index contributed by atoms with van der Waals surface area (Å²) in [6.07, 6.45) is 5.23. The minimum atomic E-state index is 0. The largest absolute Gasteiger partial charge is 0.354 e. The molecule has 0 aromatic rings. The summed E-state index contributed by atoms with van der Waals surface area (Å²) in [6, 6.07) is 0.384. The van der Waals surface area contributed by atoms with Crippen molar-refractivity contribution in [2.45, 2.75) is 45.6 Å². The summed E-state index contributed by atoms with van der Waals surface area (Å²) < 4.78 is 0. The molecular weight excluding hydrogens is 236 g/mol. The van der Waals surface area contributed by atoms with Crippen molar-refractivity contribution in [1.82, 2.24) is 10.6 Å². The molecule has 2 aliphatic rings. The molecule has 0 saturated heterocycles. The van der Waals surface area contributed by atoms with Gasteiger partial charge < -0.3 is 10.6 Å². The van der Waals surface area contributed by atoms with Gasteiger partial charge in [0.05, 0.1) is 0 Å². The third-order valence-corrected chi connectivity index (χ3v) is 4.09. The molecule has 1 amide bonds. The number of carbonyl (C=O) groups excluding carboxylic acids is 1. The van der Waals surface area contributed by atoms with Crippen molar-refractivity contribution in [1.29, 1.82) is 0 Å². The summed E-state index contributed by atoms with van der Waals surface area (Å²) in [6.45, 7) is 5.94. The third kappa shape index (κ3) is 3.59. The summed E-state index contributed by atoms with van der Waals surface area (Å²) >= 11 is 0. The molecule has 0 spiro atoms. The lowest BCUT2D eigenvalue weighted by atomic mass is 10.0. The number of hydrogen-bond acceptors (Lipinski definition) is 2. The second-order valence-corrected chi connectivity index (χ2v) is 5.34. The van der Waals surface area contributed by atoms with Crippen molar-refractivity contribution in [3.05, 3.63) is 0 Å². The van der Waals surface area contributed by atoms with Crippen molar-refractivity contribution in [2.24, 2.45) is 17.8 Å². The van der Waals surface area contributed by atoms with Crippen LogP contribution >= 0.6 is 12.4 Å². The van der Waals surface area contributed by atoms with E-state index in [0.29, 0.717) is 17.9 Å². The Hall–Kier alpha value is -0.280. The van der Waals surface area contributed by atoms with Gasteiger partial charge in [0, 0.05) is 18.5 Å². The van der Waals surface area contributed by atoms with Gasteiger partial charge in [-0.2, -0.15) is 0 Å². The number of likely N-dealkylation sites (N-methyl/N-ethyl adjacent to an activating group) is 1. The fourth-order valence-electron chi connectivity index (χ4n) is 3.17. The van der Waals surface area contributed by atoms with Crippen LogP contribution in [0, 0.1) is 17.8 Å². The van der Waals surface area contributed by atoms with E-state index in [4.69, 9.17) is 0 Å². The van der Waals surface area contributed by atoms with Crippen molar-refractivity contribution in [3.8, 4) is 0 Å². The van der Waals surface area contributed by atoms with E-state index in [0.717, 1.165) is 24.9 Å². The third-order valence-electron chi connectivity index (χ3n) is 4.09. The molecule has 2 rings (SSSR count). The van der Waals surface area contributed by atoms with Crippen LogP contribution in [-0.2, 0) is 4.79 Å². The molecule has 3 nitrogen and oxygen atoms in total. The predicted molar refractivity (Wildman–Crippen MR) is 72.3 cm³/mol. The number of halogens is 1. The van der Waals surface area contributed by atoms with Crippen molar-refractivity contribution in [3.63, 3.8) is 0 Å². The number of rotatable bonds is 5. The van der Waals surface area contributed by atoms with E-state index in [1.54, 1.807) is 0 Å². The molecule has 4 heteroatoms. The van der Waals surface area contributed by atoms with Crippen LogP contribution in [-0.4, -0.2) is 25.0 Å². The van der Waals surface area contributed by atoms with E-state index in [-0.39, 0.29) is 12.4 Å². The zero-order valence-corrected chi connectivity index (χ0v) is 11.7. The Balaban J connectivity index is 0.00000144. The minimum Gasteiger partial charge on any atom is -0.354 e. The van der Waals surface area contributed by atoms with Gasteiger partial charge in [-0.1, -0.05) is 19.8 Å². The first-order valence-corrected chi connectivity index (χ1v) is 6.75. The zero-order valence-electron chi connectivity index (χ0n) is 10.9. The van der Waals surface area contributed by atoms with E-state index >= 15 is 0 Å². The van der Waals surface area contributed by atoms with Gasteiger partial charge in [0.1, 0.15) is 0 Å². The molecule has 17 heavy (non-hydrogen) atoms. The molecule has 0 aromatic carbocycles. The molecule has 100 valence electrons. The molecule has 2 fully saturated rings. The average molecular weight is 261 g/mol. The number of amides is 1. The molecule has 2 saturated carbocycles. The van der Waals surface area contributed by atoms with Gasteiger partial charge in [-0.25, -0.2) is 0 Å². The number of carbonyl (C=O) groups is 1. The van der Waals surface area contributed by atoms with Crippen molar-refractivity contribution in [2.75, 3.05) is 13.1 Å². The van der Waals surface area contributed by atoms with Gasteiger partial charge in [0.25, 0.3) is 0 Å². The van der Waals surface area contributed by atoms with Gasteiger partial charge in [-0.15, -0.1) is 12.4 Å². The average Bonchev–Trinajstić information content (AvgIpc) is 3.00. The number of hydrogen-bond donors (Lipinski definition) is 2. The summed E-state index contributed by atoms with van der Waals surface area (Å²) in [5, 5.41) is 6.39. The summed E-state index contributed by atoms with van der Waals surface area (Å²) in [5.41, 5.74) is 0. The van der Waals surface area contributed by atoms with Gasteiger partial charge in [0.15, 0.2) is 0 Å². The lowest BCUT2D eigenvalue weighted by Crippen LogP contribution is -2.39. The molecule has 2 unspecified atom stereocenters. The first-order valence-electron chi connectivity index (χ1n) is 6.75. The maximum atomic E-state index is 11.9. The predicted octanol–water partition coefficient (Wildman–Crippen LogP) is 1.96. The monoisotopic (exact) mass is 260 g/mol. The van der Waals surface area contributed by atoms with E-state index < -0.39 is 0 Å². The van der Waals surface area contributed by atoms with Crippen LogP contribution in [0.2, 0.25) is 0 Å². The zero-order chi connectivity index (χ0) is 11.5. The summed E-state index contributed by atoms with van der Waals surface area (Å²) in [7, 11) is 0. The van der Waals surface area contributed by atoms with Crippen LogP contribution in [0.15, 0.2) is 0 Å². The lowest BCUT2D eigenvalue weighted by Gasteiger charge is -2.13. The van der Waals surface area contributed by atoms with E-state index in [2.05, 4.69) is 24.5 Å². The SMILES string of the molecule is CCN[C@H](C)CNC(=O)C1C2CCCCC21.Cl. The van der Waals surface area contributed by atoms with Crippen LogP contribution in [0.25, 0.3) is 0 Å². The Kier molecular flexibility index (Phi) is 5.74. The lowest BCUT2D eigenvalue weighted by molar-refractivity contribution is -0.122. The van der Waals surface area contributed by atoms with Crippen LogP contribution in [0.1, 0.15) is 39.5 Å². The minimum absolute atomic E-state index is 0. The first-order chi connectivity index (χ1) is 7.74. The van der Waals surface area contributed by atoms with E-state index in [1.165, 1.54) is 25.7 Å². The molecule has 2 aliphatic carbocycles. The highest BCUT2D eigenvalue weighted by molar-refractivity contribution is 5.85. The topological polar surface area (TPSA) is 41.1 Å². The molecule has 0 aliphatic heterocycles. The van der Waals surface area contributed by atoms with Crippen LogP contribution in [0.3, 0.4) is 0 Å². The highest BCUT2D eigenvalue weighted by atomic mass is 35.5. The fraction of sp³-hybridized carbons (Fsp3) is 0.923. The maximum absolute atomic E-state index is 11.9. The highest BCUT2D eigenvalue weighted by Crippen LogP contribution is 2.55. The standard InChI is InChI=1S/C13H24N2O.ClH/c1-3-14-9(2)8-15-13(16)12-10-6-4-5-7-11(10)12;/h9-12,14H,3-8H2,1-2H3,(H,15,16);1H/t9-,10?,11?,12?;/m1./s1. The molecular formula is C13H25ClN2O. The molecule has 0 radical (unpaired) electrons. The highest BCUT2D eigenvalue weighted by Gasteiger charge is 2.54. The normalized spacial score (nSPS) is 32.0. The molecule has 0 aromatic heterocycles. The molecule has 0 heterocycles. The van der Waals surface area contributed by atoms with Crippen molar-refractivity contribution >= 4 is 18.3 Å². The van der Waals surface area contributed by atoms with Gasteiger partial charge in [-0.05, 0) is 38.1 Å². The summed E-state index contributed by atoms with van der Waals surface area (Å²) in [5.74, 6) is 2.12. The smallest absolute Gasteiger partial charge is 0.223 e. The van der Waals surface area contributed by atoms with Crippen LogP contribution < -0.4 is 10.6 Å². The van der Waals surface area contributed by atoms with Crippen LogP contribution in [0.4, 0.5) is 0 Å². The number of nitrogens with one attached hydrogen (secondary N) is 2. The second kappa shape index (κ2) is 6.60. The summed E-state index contributed by atoms with van der Waals surface area (Å²) in [4.78, 5) is 11.9. The molecule has 3 atom stereocenters. The van der Waals surface area contributed by atoms with Crippen molar-refractivity contribution < 1.29 is 4.79 Å². The Labute approximate surface area is 111 Å². The van der Waals surface area contributed by atoms with Gasteiger partial charge in [-0.3, -0.25) is 4.79 Å². The quantitative estimate of drug-likeness (QED) is 0.794. The number of fused-ring (bicyclic) bond motifs is 1. The fourth-order valence-corrected chi connectivity index (χ4v) is 3.17. The molecule has 0 bridgehead atoms. The second-order valence-electron chi connectivity index (χ2n) is 5.34. The molecule has 2 N–H and O–H groups in total. The maximum Gasteiger partial charge on any atom is 0.223 e. The first kappa shape index (κ1) is 14.8. The Morgan fingerprint density at radius 2 is 1.88 bits per heavy atom. The van der Waals surface area contributed by atoms with Gasteiger partial charge >= 0.3 is 0 Å².